The Hall–Kier alpha value is -1.95. The average molecular weight is 375 g/mol. The molecule has 1 aliphatic heterocycles. The Balaban J connectivity index is 1.39. The van der Waals surface area contributed by atoms with Crippen molar-refractivity contribution >= 4 is 33.3 Å². The number of hydrogen-bond acceptors (Lipinski definition) is 4. The van der Waals surface area contributed by atoms with E-state index in [2.05, 4.69) is 0 Å². The standard InChI is InChI=1S/C20H22FNO3S/c21-15-7-8-17-14(10-15)11-18(26-17)20(24)25-12-19(23)22-9-3-5-13-4-1-2-6-16(13)22/h7-8,10-11,13,16H,1-6,9,12H2/t13-,16+/m0/s1. The first-order chi connectivity index (χ1) is 12.6. The van der Waals surface area contributed by atoms with E-state index in [1.54, 1.807) is 12.1 Å². The number of halogens is 1. The number of hydrogen-bond donors (Lipinski definition) is 0. The van der Waals surface area contributed by atoms with Crippen LogP contribution in [-0.2, 0) is 9.53 Å². The van der Waals surface area contributed by atoms with Gasteiger partial charge in [0.15, 0.2) is 6.61 Å². The summed E-state index contributed by atoms with van der Waals surface area (Å²) in [5.74, 6) is -0.341. The lowest BCUT2D eigenvalue weighted by Crippen LogP contribution is -2.50. The first-order valence-electron chi connectivity index (χ1n) is 9.27. The van der Waals surface area contributed by atoms with Crippen molar-refractivity contribution in [1.29, 1.82) is 0 Å². The van der Waals surface area contributed by atoms with Crippen LogP contribution in [0.4, 0.5) is 4.39 Å². The van der Waals surface area contributed by atoms with E-state index in [-0.39, 0.29) is 18.3 Å². The monoisotopic (exact) mass is 375 g/mol. The fourth-order valence-electron chi connectivity index (χ4n) is 4.33. The number of ether oxygens (including phenoxy) is 1. The predicted molar refractivity (Wildman–Crippen MR) is 98.8 cm³/mol. The molecule has 138 valence electrons. The summed E-state index contributed by atoms with van der Waals surface area (Å²) in [5.41, 5.74) is 0. The number of nitrogens with zero attached hydrogens (tertiary/aromatic N) is 1. The van der Waals surface area contributed by atoms with Crippen molar-refractivity contribution in [3.05, 3.63) is 35.0 Å². The van der Waals surface area contributed by atoms with Crippen LogP contribution in [-0.4, -0.2) is 36.0 Å². The van der Waals surface area contributed by atoms with Gasteiger partial charge in [-0.1, -0.05) is 12.8 Å². The zero-order valence-electron chi connectivity index (χ0n) is 14.6. The highest BCUT2D eigenvalue weighted by atomic mass is 32.1. The van der Waals surface area contributed by atoms with Gasteiger partial charge < -0.3 is 9.64 Å². The fourth-order valence-corrected chi connectivity index (χ4v) is 5.27. The molecule has 1 aliphatic carbocycles. The van der Waals surface area contributed by atoms with Crippen molar-refractivity contribution < 1.29 is 18.7 Å². The second kappa shape index (κ2) is 7.35. The third kappa shape index (κ3) is 3.47. The maximum Gasteiger partial charge on any atom is 0.348 e. The highest BCUT2D eigenvalue weighted by Crippen LogP contribution is 2.35. The summed E-state index contributed by atoms with van der Waals surface area (Å²) in [7, 11) is 0. The molecule has 4 rings (SSSR count). The molecule has 4 nitrogen and oxygen atoms in total. The minimum Gasteiger partial charge on any atom is -0.451 e. The number of rotatable bonds is 3. The Labute approximate surface area is 155 Å². The van der Waals surface area contributed by atoms with E-state index in [1.807, 2.05) is 4.90 Å². The molecule has 26 heavy (non-hydrogen) atoms. The van der Waals surface area contributed by atoms with Crippen molar-refractivity contribution in [1.82, 2.24) is 4.90 Å². The lowest BCUT2D eigenvalue weighted by molar-refractivity contribution is -0.140. The number of fused-ring (bicyclic) bond motifs is 2. The van der Waals surface area contributed by atoms with Crippen molar-refractivity contribution in [2.24, 2.45) is 5.92 Å². The lowest BCUT2D eigenvalue weighted by Gasteiger charge is -2.44. The Morgan fingerprint density at radius 2 is 1.96 bits per heavy atom. The van der Waals surface area contributed by atoms with Crippen LogP contribution in [0.3, 0.4) is 0 Å². The fraction of sp³-hybridized carbons (Fsp3) is 0.500. The summed E-state index contributed by atoms with van der Waals surface area (Å²) in [6.07, 6.45) is 6.92. The van der Waals surface area contributed by atoms with Crippen LogP contribution >= 0.6 is 11.3 Å². The van der Waals surface area contributed by atoms with Gasteiger partial charge in [-0.25, -0.2) is 9.18 Å². The van der Waals surface area contributed by atoms with Crippen molar-refractivity contribution in [2.75, 3.05) is 13.2 Å². The Morgan fingerprint density at radius 1 is 1.15 bits per heavy atom. The summed E-state index contributed by atoms with van der Waals surface area (Å²) < 4.78 is 19.4. The molecule has 1 saturated heterocycles. The first-order valence-corrected chi connectivity index (χ1v) is 10.1. The van der Waals surface area contributed by atoms with Gasteiger partial charge in [0.1, 0.15) is 10.7 Å². The van der Waals surface area contributed by atoms with Crippen LogP contribution in [0.1, 0.15) is 48.2 Å². The Bertz CT molecular complexity index is 832. The molecule has 1 aromatic heterocycles. The maximum atomic E-state index is 13.3. The first kappa shape index (κ1) is 17.5. The molecule has 2 aliphatic rings. The summed E-state index contributed by atoms with van der Waals surface area (Å²) >= 11 is 1.25. The molecule has 6 heteroatoms. The molecular weight excluding hydrogens is 353 g/mol. The van der Waals surface area contributed by atoms with Crippen molar-refractivity contribution in [3.63, 3.8) is 0 Å². The minimum absolute atomic E-state index is 0.0953. The van der Waals surface area contributed by atoms with Crippen LogP contribution in [0.25, 0.3) is 10.1 Å². The van der Waals surface area contributed by atoms with E-state index in [0.29, 0.717) is 22.2 Å². The quantitative estimate of drug-likeness (QED) is 0.748. The van der Waals surface area contributed by atoms with Crippen molar-refractivity contribution in [2.45, 2.75) is 44.6 Å². The second-order valence-electron chi connectivity index (χ2n) is 7.21. The third-order valence-corrected chi connectivity index (χ3v) is 6.67. The number of likely N-dealkylation sites (tertiary alicyclic amines) is 1. The molecular formula is C20H22FNO3S. The van der Waals surface area contributed by atoms with Crippen LogP contribution in [0.2, 0.25) is 0 Å². The summed E-state index contributed by atoms with van der Waals surface area (Å²) in [6.45, 7) is 0.546. The van der Waals surface area contributed by atoms with Gasteiger partial charge in [-0.3, -0.25) is 4.79 Å². The molecule has 2 atom stereocenters. The van der Waals surface area contributed by atoms with Crippen LogP contribution in [0.15, 0.2) is 24.3 Å². The molecule has 1 aromatic carbocycles. The predicted octanol–water partition coefficient (Wildman–Crippen LogP) is 4.38. The summed E-state index contributed by atoms with van der Waals surface area (Å²) in [6, 6.07) is 6.34. The van der Waals surface area contributed by atoms with Crippen LogP contribution < -0.4 is 0 Å². The van der Waals surface area contributed by atoms with Gasteiger partial charge in [-0.05, 0) is 61.3 Å². The molecule has 1 saturated carbocycles. The van der Waals surface area contributed by atoms with E-state index < -0.39 is 5.97 Å². The minimum atomic E-state index is -0.517. The number of thiophene rings is 1. The molecule has 0 spiro atoms. The normalized spacial score (nSPS) is 22.9. The number of carbonyl (C=O) groups excluding carboxylic acids is 2. The second-order valence-corrected chi connectivity index (χ2v) is 8.29. The van der Waals surface area contributed by atoms with Gasteiger partial charge in [-0.15, -0.1) is 11.3 Å². The highest BCUT2D eigenvalue weighted by molar-refractivity contribution is 7.20. The van der Waals surface area contributed by atoms with Crippen LogP contribution in [0, 0.1) is 11.7 Å². The summed E-state index contributed by atoms with van der Waals surface area (Å²) in [5, 5.41) is 0.675. The molecule has 1 amide bonds. The molecule has 0 unspecified atom stereocenters. The van der Waals surface area contributed by atoms with Gasteiger partial charge in [0.2, 0.25) is 0 Å². The zero-order valence-corrected chi connectivity index (χ0v) is 15.4. The third-order valence-electron chi connectivity index (χ3n) is 5.57. The molecule has 0 bridgehead atoms. The van der Waals surface area contributed by atoms with E-state index in [1.165, 1.54) is 49.2 Å². The topological polar surface area (TPSA) is 46.6 Å². The van der Waals surface area contributed by atoms with Crippen molar-refractivity contribution in [3.8, 4) is 0 Å². The average Bonchev–Trinajstić information content (AvgIpc) is 3.08. The zero-order chi connectivity index (χ0) is 18.1. The van der Waals surface area contributed by atoms with Gasteiger partial charge in [0, 0.05) is 17.3 Å². The van der Waals surface area contributed by atoms with E-state index >= 15 is 0 Å². The van der Waals surface area contributed by atoms with Gasteiger partial charge >= 0.3 is 5.97 Å². The highest BCUT2D eigenvalue weighted by Gasteiger charge is 2.35. The van der Waals surface area contributed by atoms with E-state index in [4.69, 9.17) is 4.74 Å². The molecule has 2 aromatic rings. The Kier molecular flexibility index (Phi) is 4.94. The molecule has 0 radical (unpaired) electrons. The largest absolute Gasteiger partial charge is 0.451 e. The molecule has 2 heterocycles. The number of esters is 1. The number of piperidine rings is 1. The maximum absolute atomic E-state index is 13.3. The van der Waals surface area contributed by atoms with Gasteiger partial charge in [0.05, 0.1) is 0 Å². The number of benzene rings is 1. The lowest BCUT2D eigenvalue weighted by atomic mass is 9.78. The molecule has 2 fully saturated rings. The summed E-state index contributed by atoms with van der Waals surface area (Å²) in [4.78, 5) is 27.2. The number of carbonyl (C=O) groups is 2. The van der Waals surface area contributed by atoms with E-state index in [0.717, 1.165) is 24.1 Å². The van der Waals surface area contributed by atoms with Gasteiger partial charge in [0.25, 0.3) is 5.91 Å². The molecule has 0 N–H and O–H groups in total. The van der Waals surface area contributed by atoms with Crippen LogP contribution in [0.5, 0.6) is 0 Å². The smallest absolute Gasteiger partial charge is 0.348 e. The Morgan fingerprint density at radius 3 is 2.85 bits per heavy atom. The van der Waals surface area contributed by atoms with Gasteiger partial charge in [-0.2, -0.15) is 0 Å². The number of amides is 1. The SMILES string of the molecule is O=C(OCC(=O)N1CCC[C@@H]2CCCC[C@H]21)c1cc2cc(F)ccc2s1. The van der Waals surface area contributed by atoms with E-state index in [9.17, 15) is 14.0 Å².